The number of halogens is 2. The lowest BCUT2D eigenvalue weighted by molar-refractivity contribution is 0.262. The molecule has 0 fully saturated rings. The van der Waals surface area contributed by atoms with Crippen molar-refractivity contribution in [2.24, 2.45) is 5.73 Å². The Morgan fingerprint density at radius 1 is 1.15 bits per heavy atom. The number of urea groups is 1. The highest BCUT2D eigenvalue weighted by Gasteiger charge is 2.25. The van der Waals surface area contributed by atoms with Crippen LogP contribution >= 0.6 is 27.5 Å². The van der Waals surface area contributed by atoms with Crippen LogP contribution in [-0.4, -0.2) is 32.6 Å². The second-order valence-electron chi connectivity index (χ2n) is 5.37. The lowest BCUT2D eigenvalue weighted by Gasteiger charge is -2.14. The molecule has 27 heavy (non-hydrogen) atoms. The summed E-state index contributed by atoms with van der Waals surface area (Å²) in [5.74, 6) is -0.662. The Labute approximate surface area is 170 Å². The van der Waals surface area contributed by atoms with E-state index in [0.717, 1.165) is 0 Å². The molecule has 0 aromatic heterocycles. The molecule has 2 aromatic carbocycles. The fraction of sp³-hybridized carbons (Fsp3) is 0.188. The zero-order chi connectivity index (χ0) is 20.0. The number of carbonyl (C=O) groups excluding carboxylic acids is 1. The van der Waals surface area contributed by atoms with E-state index in [1.807, 2.05) is 0 Å². The summed E-state index contributed by atoms with van der Waals surface area (Å²) in [4.78, 5) is 11.7. The fourth-order valence-electron chi connectivity index (χ4n) is 2.12. The lowest BCUT2D eigenvalue weighted by Crippen LogP contribution is -2.27. The first-order valence-electron chi connectivity index (χ1n) is 7.80. The normalized spacial score (nSPS) is 11.2. The molecule has 2 rings (SSSR count). The number of hydrogen-bond donors (Lipinski definition) is 5. The van der Waals surface area contributed by atoms with E-state index in [-0.39, 0.29) is 17.3 Å². The molecule has 0 spiro atoms. The van der Waals surface area contributed by atoms with Gasteiger partial charge in [0.2, 0.25) is 10.0 Å². The van der Waals surface area contributed by atoms with Crippen LogP contribution in [0.4, 0.5) is 16.2 Å². The zero-order valence-corrected chi connectivity index (χ0v) is 17.2. The largest absolute Gasteiger partial charge is 0.504 e. The number of sulfonamides is 1. The van der Waals surface area contributed by atoms with Crippen LogP contribution in [0.25, 0.3) is 0 Å². The molecule has 0 atom stereocenters. The Bertz CT molecular complexity index is 940. The van der Waals surface area contributed by atoms with Crippen LogP contribution in [0.5, 0.6) is 5.75 Å². The molecular formula is C16H18BrClN4O4S. The van der Waals surface area contributed by atoms with E-state index in [9.17, 15) is 18.3 Å². The van der Waals surface area contributed by atoms with Crippen LogP contribution in [0.15, 0.2) is 45.8 Å². The van der Waals surface area contributed by atoms with Gasteiger partial charge in [-0.05, 0) is 53.2 Å². The number of carbonyl (C=O) groups is 1. The van der Waals surface area contributed by atoms with E-state index in [1.165, 1.54) is 12.1 Å². The van der Waals surface area contributed by atoms with Crippen molar-refractivity contribution in [2.75, 3.05) is 23.7 Å². The molecule has 0 saturated carbocycles. The first kappa shape index (κ1) is 21.5. The van der Waals surface area contributed by atoms with Crippen LogP contribution in [0.1, 0.15) is 6.42 Å². The quantitative estimate of drug-likeness (QED) is 0.309. The number of nitrogens with one attached hydrogen (secondary N) is 3. The maximum Gasteiger partial charge on any atom is 0.323 e. The number of anilines is 2. The van der Waals surface area contributed by atoms with Crippen LogP contribution in [-0.2, 0) is 10.0 Å². The van der Waals surface area contributed by atoms with Gasteiger partial charge in [0.15, 0.2) is 5.75 Å². The fourth-order valence-corrected chi connectivity index (χ4v) is 4.21. The summed E-state index contributed by atoms with van der Waals surface area (Å²) in [7, 11) is -4.08. The first-order chi connectivity index (χ1) is 12.8. The summed E-state index contributed by atoms with van der Waals surface area (Å²) < 4.78 is 27.7. The van der Waals surface area contributed by atoms with Gasteiger partial charge in [0.1, 0.15) is 4.90 Å². The average Bonchev–Trinajstić information content (AvgIpc) is 2.59. The molecule has 11 heteroatoms. The monoisotopic (exact) mass is 476 g/mol. The van der Waals surface area contributed by atoms with Crippen molar-refractivity contribution in [1.29, 1.82) is 0 Å². The number of para-hydroxylation sites is 1. The van der Waals surface area contributed by atoms with E-state index in [0.29, 0.717) is 23.1 Å². The second-order valence-corrected chi connectivity index (χ2v) is 8.34. The smallest absolute Gasteiger partial charge is 0.323 e. The summed E-state index contributed by atoms with van der Waals surface area (Å²) in [6.45, 7) is 0.397. The van der Waals surface area contributed by atoms with Crippen LogP contribution in [0.2, 0.25) is 5.02 Å². The number of amides is 2. The van der Waals surface area contributed by atoms with Crippen molar-refractivity contribution >= 4 is 55.0 Å². The number of phenols is 1. The molecule has 0 heterocycles. The van der Waals surface area contributed by atoms with Crippen molar-refractivity contribution in [2.45, 2.75) is 11.3 Å². The van der Waals surface area contributed by atoms with Gasteiger partial charge in [0.25, 0.3) is 0 Å². The zero-order valence-electron chi connectivity index (χ0n) is 14.0. The third kappa shape index (κ3) is 5.56. The van der Waals surface area contributed by atoms with Crippen LogP contribution < -0.4 is 21.1 Å². The topological polar surface area (TPSA) is 134 Å². The maximum absolute atomic E-state index is 12.4. The molecule has 8 nitrogen and oxygen atoms in total. The molecule has 0 aliphatic rings. The Balaban J connectivity index is 2.24. The summed E-state index contributed by atoms with van der Waals surface area (Å²) in [5.41, 5.74) is 5.73. The number of benzene rings is 2. The highest BCUT2D eigenvalue weighted by molar-refractivity contribution is 9.10. The maximum atomic E-state index is 12.4. The highest BCUT2D eigenvalue weighted by Crippen LogP contribution is 2.36. The third-order valence-corrected chi connectivity index (χ3v) is 6.05. The number of nitrogens with two attached hydrogens (primary N) is 1. The van der Waals surface area contributed by atoms with E-state index in [2.05, 4.69) is 31.3 Å². The predicted molar refractivity (Wildman–Crippen MR) is 109 cm³/mol. The van der Waals surface area contributed by atoms with Gasteiger partial charge >= 0.3 is 6.03 Å². The predicted octanol–water partition coefficient (Wildman–Crippen LogP) is 3.08. The molecule has 0 unspecified atom stereocenters. The molecule has 6 N–H and O–H groups in total. The van der Waals surface area contributed by atoms with Gasteiger partial charge in [-0.1, -0.05) is 23.7 Å². The summed E-state index contributed by atoms with van der Waals surface area (Å²) in [5, 5.41) is 15.2. The SMILES string of the molecule is NCCCNS(=O)(=O)c1c(Cl)ccc(NC(=O)Nc2ccccc2Br)c1O. The first-order valence-corrected chi connectivity index (χ1v) is 10.5. The minimum absolute atomic E-state index is 0.0920. The summed E-state index contributed by atoms with van der Waals surface area (Å²) >= 11 is 9.24. The molecule has 146 valence electrons. The van der Waals surface area contributed by atoms with Crippen molar-refractivity contribution in [3.63, 3.8) is 0 Å². The van der Waals surface area contributed by atoms with Gasteiger partial charge in [0, 0.05) is 11.0 Å². The molecule has 2 aromatic rings. The van der Waals surface area contributed by atoms with Gasteiger partial charge in [-0.3, -0.25) is 0 Å². The van der Waals surface area contributed by atoms with E-state index >= 15 is 0 Å². The lowest BCUT2D eigenvalue weighted by atomic mass is 10.3. The van der Waals surface area contributed by atoms with Crippen LogP contribution in [0, 0.1) is 0 Å². The van der Waals surface area contributed by atoms with Gasteiger partial charge in [0.05, 0.1) is 16.4 Å². The standard InChI is InChI=1S/C16H18BrClN4O4S/c17-10-4-1-2-5-12(10)21-16(24)22-13-7-6-11(18)15(14(13)23)27(25,26)20-9-3-8-19/h1-2,4-7,20,23H,3,8-9,19H2,(H2,21,22,24). The number of hydrogen-bond acceptors (Lipinski definition) is 5. The molecular weight excluding hydrogens is 460 g/mol. The van der Waals surface area contributed by atoms with Gasteiger partial charge in [-0.25, -0.2) is 17.9 Å². The Morgan fingerprint density at radius 2 is 1.81 bits per heavy atom. The van der Waals surface area contributed by atoms with Crippen molar-refractivity contribution in [1.82, 2.24) is 4.72 Å². The van der Waals surface area contributed by atoms with Crippen LogP contribution in [0.3, 0.4) is 0 Å². The van der Waals surface area contributed by atoms with Crippen molar-refractivity contribution in [3.8, 4) is 5.75 Å². The van der Waals surface area contributed by atoms with Crippen molar-refractivity contribution in [3.05, 3.63) is 45.9 Å². The minimum atomic E-state index is -4.08. The Kier molecular flexibility index (Phi) is 7.45. The molecule has 0 aliphatic carbocycles. The molecule has 0 bridgehead atoms. The van der Waals surface area contributed by atoms with Gasteiger partial charge in [-0.2, -0.15) is 0 Å². The third-order valence-electron chi connectivity index (χ3n) is 3.40. The van der Waals surface area contributed by atoms with E-state index in [4.69, 9.17) is 17.3 Å². The van der Waals surface area contributed by atoms with Gasteiger partial charge in [-0.15, -0.1) is 0 Å². The Morgan fingerprint density at radius 3 is 2.48 bits per heavy atom. The van der Waals surface area contributed by atoms with E-state index < -0.39 is 26.7 Å². The molecule has 0 radical (unpaired) electrons. The molecule has 2 amide bonds. The number of aromatic hydroxyl groups is 1. The molecule has 0 saturated heterocycles. The summed E-state index contributed by atoms with van der Waals surface area (Å²) in [6.07, 6.45) is 0.421. The minimum Gasteiger partial charge on any atom is -0.504 e. The Hall–Kier alpha value is -1.85. The summed E-state index contributed by atoms with van der Waals surface area (Å²) in [6, 6.07) is 8.84. The highest BCUT2D eigenvalue weighted by atomic mass is 79.9. The number of rotatable bonds is 7. The van der Waals surface area contributed by atoms with Crippen molar-refractivity contribution < 1.29 is 18.3 Å². The number of phenolic OH excluding ortho intramolecular Hbond substituents is 1. The van der Waals surface area contributed by atoms with E-state index in [1.54, 1.807) is 24.3 Å². The average molecular weight is 478 g/mol. The van der Waals surface area contributed by atoms with Gasteiger partial charge < -0.3 is 21.5 Å². The molecule has 0 aliphatic heterocycles. The second kappa shape index (κ2) is 9.38.